The van der Waals surface area contributed by atoms with Crippen molar-refractivity contribution in [1.29, 1.82) is 0 Å². The summed E-state index contributed by atoms with van der Waals surface area (Å²) >= 11 is 1.79. The molecule has 1 rings (SSSR count). The molecular formula is C10H20N2OS. The van der Waals surface area contributed by atoms with Gasteiger partial charge in [-0.3, -0.25) is 4.79 Å². The lowest BCUT2D eigenvalue weighted by Gasteiger charge is -2.11. The molecule has 0 atom stereocenters. The quantitative estimate of drug-likeness (QED) is 0.651. The van der Waals surface area contributed by atoms with E-state index < -0.39 is 0 Å². The van der Waals surface area contributed by atoms with Gasteiger partial charge in [-0.2, -0.15) is 11.8 Å². The molecule has 14 heavy (non-hydrogen) atoms. The molecule has 3 nitrogen and oxygen atoms in total. The Morgan fingerprint density at radius 1 is 1.43 bits per heavy atom. The Hall–Kier alpha value is -0.220. The van der Waals surface area contributed by atoms with Crippen LogP contribution in [0, 0.1) is 0 Å². The number of thioether (sulfide) groups is 1. The smallest absolute Gasteiger partial charge is 0.234 e. The second-order valence-electron chi connectivity index (χ2n) is 3.72. The van der Waals surface area contributed by atoms with Gasteiger partial charge in [0.25, 0.3) is 0 Å². The van der Waals surface area contributed by atoms with Crippen LogP contribution >= 0.6 is 11.8 Å². The minimum Gasteiger partial charge on any atom is -0.352 e. The van der Waals surface area contributed by atoms with E-state index in [9.17, 15) is 4.79 Å². The van der Waals surface area contributed by atoms with Crippen LogP contribution in [0.4, 0.5) is 0 Å². The van der Waals surface area contributed by atoms with Gasteiger partial charge in [-0.15, -0.1) is 0 Å². The Morgan fingerprint density at radius 3 is 2.79 bits per heavy atom. The van der Waals surface area contributed by atoms with E-state index in [2.05, 4.69) is 16.9 Å². The molecule has 1 saturated carbocycles. The average molecular weight is 216 g/mol. The molecule has 0 spiro atoms. The Morgan fingerprint density at radius 2 is 2.14 bits per heavy atom. The molecule has 0 saturated heterocycles. The summed E-state index contributed by atoms with van der Waals surface area (Å²) in [4.78, 5) is 11.4. The zero-order chi connectivity index (χ0) is 10.2. The van der Waals surface area contributed by atoms with E-state index in [1.54, 1.807) is 11.8 Å². The van der Waals surface area contributed by atoms with Gasteiger partial charge in [-0.25, -0.2) is 0 Å². The Bertz CT molecular complexity index is 170. The third kappa shape index (κ3) is 4.86. The zero-order valence-electron chi connectivity index (χ0n) is 8.84. The van der Waals surface area contributed by atoms with Crippen molar-refractivity contribution in [3.8, 4) is 0 Å². The summed E-state index contributed by atoms with van der Waals surface area (Å²) in [5.74, 6) is 1.22. The molecular weight excluding hydrogens is 196 g/mol. The number of hydrogen-bond acceptors (Lipinski definition) is 3. The molecule has 1 aliphatic rings. The fourth-order valence-electron chi connectivity index (χ4n) is 1.73. The lowest BCUT2D eigenvalue weighted by Crippen LogP contribution is -2.39. The molecule has 0 unspecified atom stereocenters. The number of amides is 1. The molecule has 0 radical (unpaired) electrons. The Kier molecular flexibility index (Phi) is 6.03. The monoisotopic (exact) mass is 216 g/mol. The second kappa shape index (κ2) is 7.12. The van der Waals surface area contributed by atoms with Crippen LogP contribution in [0.15, 0.2) is 0 Å². The lowest BCUT2D eigenvalue weighted by molar-refractivity contribution is -0.120. The maximum Gasteiger partial charge on any atom is 0.234 e. The van der Waals surface area contributed by atoms with E-state index in [-0.39, 0.29) is 5.91 Å². The lowest BCUT2D eigenvalue weighted by atomic mass is 10.2. The maximum atomic E-state index is 11.4. The molecule has 4 heteroatoms. The summed E-state index contributed by atoms with van der Waals surface area (Å²) in [6, 6.07) is 0.449. The highest BCUT2D eigenvalue weighted by Crippen LogP contribution is 2.17. The van der Waals surface area contributed by atoms with Gasteiger partial charge < -0.3 is 10.6 Å². The first-order chi connectivity index (χ1) is 6.83. The van der Waals surface area contributed by atoms with Crippen molar-refractivity contribution < 1.29 is 4.79 Å². The molecule has 0 aromatic rings. The number of rotatable bonds is 6. The van der Waals surface area contributed by atoms with Crippen LogP contribution < -0.4 is 10.6 Å². The number of carbonyl (C=O) groups excluding carboxylic acids is 1. The van der Waals surface area contributed by atoms with Crippen molar-refractivity contribution in [3.05, 3.63) is 0 Å². The molecule has 1 amide bonds. The summed E-state index contributed by atoms with van der Waals surface area (Å²) in [5.41, 5.74) is 0. The van der Waals surface area contributed by atoms with Crippen LogP contribution in [0.2, 0.25) is 0 Å². The first-order valence-corrected chi connectivity index (χ1v) is 6.71. The van der Waals surface area contributed by atoms with E-state index in [0.29, 0.717) is 12.6 Å². The van der Waals surface area contributed by atoms with Crippen LogP contribution in [0.3, 0.4) is 0 Å². The summed E-state index contributed by atoms with van der Waals surface area (Å²) in [6.07, 6.45) is 6.93. The van der Waals surface area contributed by atoms with E-state index in [4.69, 9.17) is 0 Å². The highest BCUT2D eigenvalue weighted by molar-refractivity contribution is 7.98. The normalized spacial score (nSPS) is 17.2. The number of hydrogen-bond donors (Lipinski definition) is 2. The van der Waals surface area contributed by atoms with Gasteiger partial charge in [0.15, 0.2) is 0 Å². The molecule has 0 aliphatic heterocycles. The van der Waals surface area contributed by atoms with Crippen LogP contribution in [0.1, 0.15) is 25.7 Å². The Balaban J connectivity index is 1.98. The van der Waals surface area contributed by atoms with Crippen LogP contribution in [0.25, 0.3) is 0 Å². The number of carbonyl (C=O) groups is 1. The van der Waals surface area contributed by atoms with Gasteiger partial charge in [0, 0.05) is 18.3 Å². The third-order valence-electron chi connectivity index (χ3n) is 2.49. The maximum absolute atomic E-state index is 11.4. The molecule has 1 fully saturated rings. The summed E-state index contributed by atoms with van der Waals surface area (Å²) < 4.78 is 0. The van der Waals surface area contributed by atoms with Crippen molar-refractivity contribution in [2.45, 2.75) is 31.7 Å². The van der Waals surface area contributed by atoms with Crippen molar-refractivity contribution >= 4 is 17.7 Å². The van der Waals surface area contributed by atoms with Gasteiger partial charge in [-0.1, -0.05) is 12.8 Å². The second-order valence-corrected chi connectivity index (χ2v) is 4.70. The first-order valence-electron chi connectivity index (χ1n) is 5.32. The number of nitrogens with one attached hydrogen (secondary N) is 2. The van der Waals surface area contributed by atoms with Crippen LogP contribution in [-0.2, 0) is 4.79 Å². The molecule has 0 heterocycles. The standard InChI is InChI=1S/C10H20N2OS/c1-14-7-6-11-8-10(13)12-9-4-2-3-5-9/h9,11H,2-8H2,1H3,(H,12,13). The highest BCUT2D eigenvalue weighted by atomic mass is 32.2. The summed E-state index contributed by atoms with van der Waals surface area (Å²) in [7, 11) is 0. The topological polar surface area (TPSA) is 41.1 Å². The molecule has 0 bridgehead atoms. The van der Waals surface area contributed by atoms with Crippen molar-refractivity contribution in [2.24, 2.45) is 0 Å². The highest BCUT2D eigenvalue weighted by Gasteiger charge is 2.16. The van der Waals surface area contributed by atoms with Crippen LogP contribution in [-0.4, -0.2) is 37.0 Å². The van der Waals surface area contributed by atoms with E-state index >= 15 is 0 Å². The predicted octanol–water partition coefficient (Wildman–Crippen LogP) is 0.998. The molecule has 0 aromatic carbocycles. The van der Waals surface area contributed by atoms with Crippen molar-refractivity contribution in [3.63, 3.8) is 0 Å². The first kappa shape index (κ1) is 11.9. The van der Waals surface area contributed by atoms with Gasteiger partial charge >= 0.3 is 0 Å². The molecule has 1 aliphatic carbocycles. The van der Waals surface area contributed by atoms with E-state index in [0.717, 1.165) is 25.1 Å². The van der Waals surface area contributed by atoms with Crippen molar-refractivity contribution in [1.82, 2.24) is 10.6 Å². The fourth-order valence-corrected chi connectivity index (χ4v) is 2.07. The SMILES string of the molecule is CSCCNCC(=O)NC1CCCC1. The molecule has 82 valence electrons. The van der Waals surface area contributed by atoms with E-state index in [1.165, 1.54) is 12.8 Å². The molecule has 0 aromatic heterocycles. The van der Waals surface area contributed by atoms with Gasteiger partial charge in [0.05, 0.1) is 6.54 Å². The van der Waals surface area contributed by atoms with Crippen LogP contribution in [0.5, 0.6) is 0 Å². The van der Waals surface area contributed by atoms with Gasteiger partial charge in [-0.05, 0) is 19.1 Å². The van der Waals surface area contributed by atoms with Crippen molar-refractivity contribution in [2.75, 3.05) is 25.1 Å². The molecule has 2 N–H and O–H groups in total. The minimum atomic E-state index is 0.151. The average Bonchev–Trinajstić information content (AvgIpc) is 2.65. The summed E-state index contributed by atoms with van der Waals surface area (Å²) in [6.45, 7) is 1.39. The van der Waals surface area contributed by atoms with E-state index in [1.807, 2.05) is 0 Å². The summed E-state index contributed by atoms with van der Waals surface area (Å²) in [5, 5.41) is 6.17. The zero-order valence-corrected chi connectivity index (χ0v) is 9.66. The Labute approximate surface area is 90.4 Å². The largest absolute Gasteiger partial charge is 0.352 e. The van der Waals surface area contributed by atoms with Gasteiger partial charge in [0.1, 0.15) is 0 Å². The fraction of sp³-hybridized carbons (Fsp3) is 0.900. The third-order valence-corrected chi connectivity index (χ3v) is 3.10. The van der Waals surface area contributed by atoms with Gasteiger partial charge in [0.2, 0.25) is 5.91 Å². The predicted molar refractivity (Wildman–Crippen MR) is 61.7 cm³/mol. The minimum absolute atomic E-state index is 0.151.